The molecule has 1 aromatic heterocycles. The maximum absolute atomic E-state index is 12.7. The summed E-state index contributed by atoms with van der Waals surface area (Å²) in [6.45, 7) is 5.26. The van der Waals surface area contributed by atoms with E-state index in [0.29, 0.717) is 22.0 Å². The summed E-state index contributed by atoms with van der Waals surface area (Å²) >= 11 is 12.8. The molecule has 2 atom stereocenters. The number of nitrogens with one attached hydrogen (secondary N) is 1. The Hall–Kier alpha value is -2.75. The van der Waals surface area contributed by atoms with E-state index >= 15 is 0 Å². The number of benzene rings is 3. The van der Waals surface area contributed by atoms with E-state index in [4.69, 9.17) is 23.2 Å². The lowest BCUT2D eigenvalue weighted by molar-refractivity contribution is -0.274. The fourth-order valence-corrected chi connectivity index (χ4v) is 7.06. The molecular formula is C33H35Cl2F3N4O. The zero-order valence-electron chi connectivity index (χ0n) is 24.0. The molecule has 2 aliphatic rings. The predicted octanol–water partition coefficient (Wildman–Crippen LogP) is 8.01. The van der Waals surface area contributed by atoms with Crippen LogP contribution in [0.25, 0.3) is 16.6 Å². The monoisotopic (exact) mass is 630 g/mol. The Balaban J connectivity index is 1.22. The summed E-state index contributed by atoms with van der Waals surface area (Å²) in [6.07, 6.45) is 0.760. The van der Waals surface area contributed by atoms with Crippen molar-refractivity contribution in [1.82, 2.24) is 19.7 Å². The summed E-state index contributed by atoms with van der Waals surface area (Å²) in [7, 11) is 2.01. The summed E-state index contributed by atoms with van der Waals surface area (Å²) in [5.74, 6) is 0.205. The summed E-state index contributed by atoms with van der Waals surface area (Å²) < 4.78 is 44.5. The Morgan fingerprint density at radius 2 is 1.56 bits per heavy atom. The average molecular weight is 632 g/mol. The van der Waals surface area contributed by atoms with Gasteiger partial charge in [0.2, 0.25) is 0 Å². The van der Waals surface area contributed by atoms with Crippen LogP contribution in [0.1, 0.15) is 41.9 Å². The van der Waals surface area contributed by atoms with Gasteiger partial charge in [0, 0.05) is 78.2 Å². The van der Waals surface area contributed by atoms with Crippen LogP contribution in [0.2, 0.25) is 10.0 Å². The molecular weight excluding hydrogens is 596 g/mol. The fourth-order valence-electron chi connectivity index (χ4n) is 6.54. The number of piperazine rings is 1. The molecule has 1 N–H and O–H groups in total. The van der Waals surface area contributed by atoms with Crippen LogP contribution in [0.4, 0.5) is 13.2 Å². The van der Waals surface area contributed by atoms with Gasteiger partial charge in [-0.1, -0.05) is 41.4 Å². The summed E-state index contributed by atoms with van der Waals surface area (Å²) in [5, 5.41) is 6.02. The van der Waals surface area contributed by atoms with Crippen molar-refractivity contribution in [1.29, 1.82) is 0 Å². The minimum Gasteiger partial charge on any atom is -0.406 e. The molecule has 5 nitrogen and oxygen atoms in total. The van der Waals surface area contributed by atoms with Gasteiger partial charge in [-0.05, 0) is 85.8 Å². The molecule has 1 saturated heterocycles. The number of nitrogens with zero attached hydrogens (tertiary/aromatic N) is 3. The molecule has 0 spiro atoms. The van der Waals surface area contributed by atoms with Gasteiger partial charge < -0.3 is 14.6 Å². The highest BCUT2D eigenvalue weighted by atomic mass is 35.5. The number of fused-ring (bicyclic) bond motifs is 1. The lowest BCUT2D eigenvalue weighted by atomic mass is 9.96. The van der Waals surface area contributed by atoms with E-state index in [2.05, 4.69) is 48.8 Å². The molecule has 10 heteroatoms. The van der Waals surface area contributed by atoms with Crippen LogP contribution < -0.4 is 10.1 Å². The average Bonchev–Trinajstić information content (AvgIpc) is 3.60. The first-order valence-electron chi connectivity index (χ1n) is 14.7. The van der Waals surface area contributed by atoms with Crippen molar-refractivity contribution in [3.63, 3.8) is 0 Å². The number of alkyl halides is 3. The largest absolute Gasteiger partial charge is 0.573 e. The van der Waals surface area contributed by atoms with Gasteiger partial charge in [-0.15, -0.1) is 13.2 Å². The van der Waals surface area contributed by atoms with Crippen LogP contribution in [0, 0.1) is 0 Å². The van der Waals surface area contributed by atoms with Crippen molar-refractivity contribution in [2.24, 2.45) is 0 Å². The lowest BCUT2D eigenvalue weighted by Gasteiger charge is -2.35. The Kier molecular flexibility index (Phi) is 8.94. The maximum atomic E-state index is 12.7. The molecule has 1 aliphatic carbocycles. The van der Waals surface area contributed by atoms with Crippen LogP contribution in [0.5, 0.6) is 5.75 Å². The smallest absolute Gasteiger partial charge is 0.406 e. The molecule has 2 heterocycles. The highest BCUT2D eigenvalue weighted by Gasteiger charge is 2.31. The predicted molar refractivity (Wildman–Crippen MR) is 166 cm³/mol. The van der Waals surface area contributed by atoms with Crippen LogP contribution in [-0.4, -0.2) is 60.0 Å². The van der Waals surface area contributed by atoms with Crippen LogP contribution >= 0.6 is 23.2 Å². The number of halogens is 5. The molecule has 3 aromatic carbocycles. The molecule has 0 amide bonds. The van der Waals surface area contributed by atoms with Crippen LogP contribution in [0.3, 0.4) is 0 Å². The van der Waals surface area contributed by atoms with E-state index in [0.717, 1.165) is 75.3 Å². The summed E-state index contributed by atoms with van der Waals surface area (Å²) in [5.41, 5.74) is 5.34. The number of hydrogen-bond acceptors (Lipinski definition) is 4. The molecule has 0 radical (unpaired) electrons. The van der Waals surface area contributed by atoms with Gasteiger partial charge in [0.15, 0.2) is 0 Å². The molecule has 6 rings (SSSR count). The number of hydrogen-bond donors (Lipinski definition) is 1. The molecule has 4 aromatic rings. The van der Waals surface area contributed by atoms with Gasteiger partial charge in [0.05, 0.1) is 5.52 Å². The van der Waals surface area contributed by atoms with E-state index in [-0.39, 0.29) is 5.75 Å². The van der Waals surface area contributed by atoms with Crippen molar-refractivity contribution >= 4 is 34.1 Å². The minimum absolute atomic E-state index is 0.225. The second-order valence-electron chi connectivity index (χ2n) is 11.6. The molecule has 2 fully saturated rings. The van der Waals surface area contributed by atoms with Gasteiger partial charge >= 0.3 is 6.36 Å². The van der Waals surface area contributed by atoms with E-state index in [1.165, 1.54) is 28.6 Å². The molecule has 0 bridgehead atoms. The van der Waals surface area contributed by atoms with Crippen molar-refractivity contribution in [3.8, 4) is 11.4 Å². The minimum atomic E-state index is -4.72. The highest BCUT2D eigenvalue weighted by Crippen LogP contribution is 2.40. The molecule has 228 valence electrons. The van der Waals surface area contributed by atoms with Crippen LogP contribution in [-0.2, 0) is 13.1 Å². The zero-order valence-corrected chi connectivity index (χ0v) is 25.5. The Morgan fingerprint density at radius 3 is 2.19 bits per heavy atom. The first kappa shape index (κ1) is 30.3. The SMILES string of the molecule is CNC1CCC(c2cn(-c3ccc(OC(F)(F)F)cc3)c3cc(CN4CCN(Cc5c(Cl)cccc5Cl)CC4)ccc23)C1. The third-order valence-corrected chi connectivity index (χ3v) is 9.55. The second-order valence-corrected chi connectivity index (χ2v) is 12.4. The van der Waals surface area contributed by atoms with Gasteiger partial charge in [-0.3, -0.25) is 9.80 Å². The van der Waals surface area contributed by atoms with Crippen molar-refractivity contribution in [3.05, 3.63) is 93.6 Å². The van der Waals surface area contributed by atoms with Crippen molar-refractivity contribution < 1.29 is 17.9 Å². The Labute approximate surface area is 260 Å². The molecule has 1 aliphatic heterocycles. The third kappa shape index (κ3) is 6.99. The van der Waals surface area contributed by atoms with Gasteiger partial charge in [0.1, 0.15) is 5.75 Å². The van der Waals surface area contributed by atoms with E-state index in [1.54, 1.807) is 12.1 Å². The number of rotatable bonds is 8. The number of ether oxygens (including phenoxy) is 1. The number of aromatic nitrogens is 1. The zero-order chi connectivity index (χ0) is 30.1. The fraction of sp³-hybridized carbons (Fsp3) is 0.394. The lowest BCUT2D eigenvalue weighted by Crippen LogP contribution is -2.45. The Bertz CT molecular complexity index is 1540. The normalized spacial score (nSPS) is 20.2. The second kappa shape index (κ2) is 12.7. The topological polar surface area (TPSA) is 32.7 Å². The molecule has 43 heavy (non-hydrogen) atoms. The van der Waals surface area contributed by atoms with Crippen LogP contribution in [0.15, 0.2) is 66.9 Å². The maximum Gasteiger partial charge on any atom is 0.573 e. The van der Waals surface area contributed by atoms with Gasteiger partial charge in [-0.25, -0.2) is 0 Å². The first-order valence-corrected chi connectivity index (χ1v) is 15.5. The van der Waals surface area contributed by atoms with Crippen molar-refractivity contribution in [2.45, 2.75) is 50.7 Å². The standard InChI is InChI=1S/C33H35Cl2F3N4O/c1-39-24-7-6-23(18-24)28-21-42(25-8-10-26(11-9-25)43-33(36,37)38)32-17-22(5-12-27(28)32)19-40-13-15-41(16-14-40)20-29-30(34)3-2-4-31(29)35/h2-5,8-12,17,21,23-24,39H,6-7,13-16,18-20H2,1H3. The van der Waals surface area contributed by atoms with E-state index in [9.17, 15) is 13.2 Å². The van der Waals surface area contributed by atoms with Gasteiger partial charge in [-0.2, -0.15) is 0 Å². The van der Waals surface area contributed by atoms with E-state index < -0.39 is 6.36 Å². The third-order valence-electron chi connectivity index (χ3n) is 8.84. The molecule has 1 saturated carbocycles. The molecule has 2 unspecified atom stereocenters. The van der Waals surface area contributed by atoms with Crippen molar-refractivity contribution in [2.75, 3.05) is 33.2 Å². The van der Waals surface area contributed by atoms with E-state index in [1.807, 2.05) is 25.2 Å². The first-order chi connectivity index (χ1) is 20.7. The Morgan fingerprint density at radius 1 is 0.884 bits per heavy atom. The summed E-state index contributed by atoms with van der Waals surface area (Å²) in [4.78, 5) is 4.84. The highest BCUT2D eigenvalue weighted by molar-refractivity contribution is 6.35. The quantitative estimate of drug-likeness (QED) is 0.214. The van der Waals surface area contributed by atoms with Gasteiger partial charge in [0.25, 0.3) is 0 Å². The summed E-state index contributed by atoms with van der Waals surface area (Å²) in [6, 6.07) is 18.9.